The summed E-state index contributed by atoms with van der Waals surface area (Å²) in [5, 5.41) is 11.5. The highest BCUT2D eigenvalue weighted by Gasteiger charge is 2.30. The minimum atomic E-state index is -4.32. The molecule has 0 aliphatic carbocycles. The van der Waals surface area contributed by atoms with E-state index in [4.69, 9.17) is 5.11 Å². The maximum atomic E-state index is 12.6. The van der Waals surface area contributed by atoms with Gasteiger partial charge in [-0.15, -0.1) is 11.3 Å². The fraction of sp³-hybridized carbons (Fsp3) is 0.333. The highest BCUT2D eigenvalue weighted by Crippen LogP contribution is 2.36. The van der Waals surface area contributed by atoms with Gasteiger partial charge in [-0.3, -0.25) is 0 Å². The molecule has 1 aromatic heterocycles. The van der Waals surface area contributed by atoms with Crippen LogP contribution in [-0.4, -0.2) is 11.7 Å². The number of thiophene rings is 1. The Hall–Kier alpha value is -1.07. The summed E-state index contributed by atoms with van der Waals surface area (Å²) in [5.41, 5.74) is 0.133. The minimum Gasteiger partial charge on any atom is -0.396 e. The Morgan fingerprint density at radius 1 is 1.35 bits per heavy atom. The Balaban J connectivity index is 2.58. The highest BCUT2D eigenvalue weighted by atomic mass is 32.1. The topological polar surface area (TPSA) is 20.2 Å². The third-order valence-electron chi connectivity index (χ3n) is 2.74. The van der Waals surface area contributed by atoms with Gasteiger partial charge in [-0.05, 0) is 34.5 Å². The molecular formula is C12H11F3OS. The van der Waals surface area contributed by atoms with Crippen molar-refractivity contribution in [2.75, 3.05) is 6.61 Å². The number of alkyl halides is 3. The number of aliphatic hydroxyl groups is 1. The highest BCUT2D eigenvalue weighted by molar-refractivity contribution is 7.17. The molecule has 1 aromatic carbocycles. The van der Waals surface area contributed by atoms with Gasteiger partial charge in [-0.2, -0.15) is 13.2 Å². The van der Waals surface area contributed by atoms with Crippen LogP contribution in [0.15, 0.2) is 23.6 Å². The van der Waals surface area contributed by atoms with E-state index in [9.17, 15) is 13.2 Å². The number of benzene rings is 1. The van der Waals surface area contributed by atoms with E-state index in [1.807, 2.05) is 5.38 Å². The quantitative estimate of drug-likeness (QED) is 0.864. The molecule has 1 N–H and O–H groups in total. The van der Waals surface area contributed by atoms with Gasteiger partial charge in [0, 0.05) is 17.2 Å². The van der Waals surface area contributed by atoms with Crippen LogP contribution in [0.2, 0.25) is 0 Å². The van der Waals surface area contributed by atoms with Gasteiger partial charge in [0.15, 0.2) is 0 Å². The van der Waals surface area contributed by atoms with Crippen LogP contribution >= 0.6 is 11.3 Å². The lowest BCUT2D eigenvalue weighted by Crippen LogP contribution is -2.04. The summed E-state index contributed by atoms with van der Waals surface area (Å²) in [4.78, 5) is 0. The normalized spacial score (nSPS) is 14.2. The van der Waals surface area contributed by atoms with Crippen LogP contribution in [0.5, 0.6) is 0 Å². The molecule has 0 saturated carbocycles. The Morgan fingerprint density at radius 2 is 2.06 bits per heavy atom. The van der Waals surface area contributed by atoms with Crippen molar-refractivity contribution in [2.24, 2.45) is 0 Å². The predicted octanol–water partition coefficient (Wildman–Crippen LogP) is 4.02. The Bertz CT molecular complexity index is 530. The van der Waals surface area contributed by atoms with Gasteiger partial charge in [0.2, 0.25) is 0 Å². The van der Waals surface area contributed by atoms with Gasteiger partial charge in [-0.1, -0.05) is 6.92 Å². The molecule has 2 aromatic rings. The summed E-state index contributed by atoms with van der Waals surface area (Å²) in [7, 11) is 0. The zero-order chi connectivity index (χ0) is 12.6. The molecule has 0 fully saturated rings. The molecule has 0 saturated heterocycles. The second-order valence-corrected chi connectivity index (χ2v) is 4.89. The van der Waals surface area contributed by atoms with Crippen LogP contribution < -0.4 is 0 Å². The second kappa shape index (κ2) is 4.31. The second-order valence-electron chi connectivity index (χ2n) is 3.98. The maximum absolute atomic E-state index is 12.6. The van der Waals surface area contributed by atoms with E-state index in [0.717, 1.165) is 22.4 Å². The zero-order valence-corrected chi connectivity index (χ0v) is 9.90. The largest absolute Gasteiger partial charge is 0.416 e. The Labute approximate surface area is 101 Å². The maximum Gasteiger partial charge on any atom is 0.416 e. The summed E-state index contributed by atoms with van der Waals surface area (Å²) >= 11 is 1.40. The van der Waals surface area contributed by atoms with Crippen molar-refractivity contribution in [1.29, 1.82) is 0 Å². The van der Waals surface area contributed by atoms with Crippen molar-refractivity contribution < 1.29 is 18.3 Å². The molecule has 1 atom stereocenters. The summed E-state index contributed by atoms with van der Waals surface area (Å²) in [6, 6.07) is 3.73. The fourth-order valence-electron chi connectivity index (χ4n) is 1.71. The smallest absolute Gasteiger partial charge is 0.396 e. The van der Waals surface area contributed by atoms with Gasteiger partial charge in [0.05, 0.1) is 5.56 Å². The molecule has 2 rings (SSSR count). The third-order valence-corrected chi connectivity index (χ3v) is 3.72. The Kier molecular flexibility index (Phi) is 3.14. The van der Waals surface area contributed by atoms with Crippen molar-refractivity contribution in [3.63, 3.8) is 0 Å². The molecule has 17 heavy (non-hydrogen) atoms. The lowest BCUT2D eigenvalue weighted by atomic mass is 10.00. The van der Waals surface area contributed by atoms with Crippen LogP contribution in [-0.2, 0) is 6.18 Å². The van der Waals surface area contributed by atoms with Crippen LogP contribution in [0, 0.1) is 0 Å². The van der Waals surface area contributed by atoms with Crippen LogP contribution in [0.1, 0.15) is 24.0 Å². The third kappa shape index (κ3) is 2.30. The molecule has 5 heteroatoms. The first-order chi connectivity index (χ1) is 7.93. The van der Waals surface area contributed by atoms with E-state index < -0.39 is 11.7 Å². The number of aliphatic hydroxyl groups excluding tert-OH is 1. The van der Waals surface area contributed by atoms with Crippen LogP contribution in [0.25, 0.3) is 10.1 Å². The number of rotatable bonds is 2. The van der Waals surface area contributed by atoms with Crippen molar-refractivity contribution in [3.05, 3.63) is 34.7 Å². The standard InChI is InChI=1S/C12H11F3OS/c1-7(5-16)10-6-17-11-3-2-8(4-9(10)11)12(13,14)15/h2-4,6-7,16H,5H2,1H3. The van der Waals surface area contributed by atoms with Gasteiger partial charge < -0.3 is 5.11 Å². The number of hydrogen-bond donors (Lipinski definition) is 1. The van der Waals surface area contributed by atoms with Crippen LogP contribution in [0.4, 0.5) is 13.2 Å². The summed E-state index contributed by atoms with van der Waals surface area (Å²) < 4.78 is 38.6. The Morgan fingerprint density at radius 3 is 2.65 bits per heavy atom. The van der Waals surface area contributed by atoms with Crippen LogP contribution in [0.3, 0.4) is 0 Å². The van der Waals surface area contributed by atoms with Gasteiger partial charge in [-0.25, -0.2) is 0 Å². The van der Waals surface area contributed by atoms with Gasteiger partial charge in [0.25, 0.3) is 0 Å². The summed E-state index contributed by atoms with van der Waals surface area (Å²) in [6.07, 6.45) is -4.32. The van der Waals surface area contributed by atoms with E-state index in [1.165, 1.54) is 17.4 Å². The lowest BCUT2D eigenvalue weighted by Gasteiger charge is -2.09. The summed E-state index contributed by atoms with van der Waals surface area (Å²) in [6.45, 7) is 1.73. The molecule has 0 aliphatic heterocycles. The lowest BCUT2D eigenvalue weighted by molar-refractivity contribution is -0.137. The molecule has 0 aliphatic rings. The monoisotopic (exact) mass is 260 g/mol. The molecule has 0 amide bonds. The molecular weight excluding hydrogens is 249 g/mol. The van der Waals surface area contributed by atoms with E-state index in [1.54, 1.807) is 6.92 Å². The zero-order valence-electron chi connectivity index (χ0n) is 9.08. The average molecular weight is 260 g/mol. The molecule has 0 spiro atoms. The first-order valence-electron chi connectivity index (χ1n) is 5.12. The average Bonchev–Trinajstić information content (AvgIpc) is 2.69. The van der Waals surface area contributed by atoms with E-state index in [0.29, 0.717) is 5.39 Å². The SMILES string of the molecule is CC(CO)c1csc2ccc(C(F)(F)F)cc12. The molecule has 1 nitrogen and oxygen atoms in total. The minimum absolute atomic E-state index is 0.0674. The van der Waals surface area contributed by atoms with Gasteiger partial charge >= 0.3 is 6.18 Å². The van der Waals surface area contributed by atoms with Crippen molar-refractivity contribution >= 4 is 21.4 Å². The number of hydrogen-bond acceptors (Lipinski definition) is 2. The number of fused-ring (bicyclic) bond motifs is 1. The number of halogens is 3. The molecule has 0 radical (unpaired) electrons. The predicted molar refractivity (Wildman–Crippen MR) is 62.3 cm³/mol. The molecule has 0 bridgehead atoms. The van der Waals surface area contributed by atoms with Gasteiger partial charge in [0.1, 0.15) is 0 Å². The van der Waals surface area contributed by atoms with E-state index >= 15 is 0 Å². The summed E-state index contributed by atoms with van der Waals surface area (Å²) in [5.74, 6) is -0.146. The molecule has 92 valence electrons. The molecule has 1 unspecified atom stereocenters. The first-order valence-corrected chi connectivity index (χ1v) is 6.00. The van der Waals surface area contributed by atoms with Crippen molar-refractivity contribution in [2.45, 2.75) is 19.0 Å². The fourth-order valence-corrected chi connectivity index (χ4v) is 2.77. The van der Waals surface area contributed by atoms with E-state index in [2.05, 4.69) is 0 Å². The first kappa shape index (κ1) is 12.4. The van der Waals surface area contributed by atoms with Crippen molar-refractivity contribution in [1.82, 2.24) is 0 Å². The van der Waals surface area contributed by atoms with Crippen molar-refractivity contribution in [3.8, 4) is 0 Å². The van der Waals surface area contributed by atoms with E-state index in [-0.39, 0.29) is 12.5 Å². The molecule has 1 heterocycles.